The van der Waals surface area contributed by atoms with E-state index in [1.54, 1.807) is 0 Å². The third-order valence-corrected chi connectivity index (χ3v) is 20.3. The van der Waals surface area contributed by atoms with Gasteiger partial charge in [0.25, 0.3) is 0 Å². The monoisotopic (exact) mass is 1310 g/mol. The van der Waals surface area contributed by atoms with Gasteiger partial charge in [-0.05, 0) is 48.7 Å². The van der Waals surface area contributed by atoms with E-state index in [-0.39, 0.29) is 23.0 Å². The van der Waals surface area contributed by atoms with Crippen LogP contribution in [0.15, 0.2) is 19.6 Å². The van der Waals surface area contributed by atoms with Crippen LogP contribution in [-0.2, 0) is 0 Å². The summed E-state index contributed by atoms with van der Waals surface area (Å²) in [6, 6.07) is 0. The van der Waals surface area contributed by atoms with E-state index in [1.807, 2.05) is 6.92 Å². The lowest BCUT2D eigenvalue weighted by Gasteiger charge is -2.11. The average molecular weight is 1310 g/mol. The number of nitrogens with one attached hydrogen (secondary N) is 2. The van der Waals surface area contributed by atoms with Crippen molar-refractivity contribution in [3.05, 3.63) is 69.8 Å². The molecule has 2 aliphatic heterocycles. The van der Waals surface area contributed by atoms with E-state index in [0.717, 1.165) is 103 Å². The molecule has 88 heavy (non-hydrogen) atoms. The molecule has 0 atom stereocenters. The van der Waals surface area contributed by atoms with E-state index in [9.17, 15) is 0 Å². The number of fused-ring (bicyclic) bond motifs is 20. The molecular weight excluding hydrogens is 1240 g/mol. The molecule has 0 saturated heterocycles. The molecule has 8 bridgehead atoms. The molecule has 4 aromatic carbocycles. The van der Waals surface area contributed by atoms with E-state index in [4.69, 9.17) is 0 Å². The fourth-order valence-electron chi connectivity index (χ4n) is 11.0. The number of nitrogens with zero attached hydrogens (tertiary/aromatic N) is 6. The number of rotatable bonds is 32. The largest absolute Gasteiger partial charge is 0.324 e. The maximum atomic E-state index is 17.5. The van der Waals surface area contributed by atoms with Gasteiger partial charge in [-0.25, -0.2) is 82.6 Å². The Bertz CT molecular complexity index is 3860. The molecule has 2 N–H and O–H groups in total. The van der Waals surface area contributed by atoms with Gasteiger partial charge in [-0.2, -0.15) is 0 Å². The second-order valence-electron chi connectivity index (χ2n) is 22.2. The molecule has 0 radical (unpaired) electrons. The van der Waals surface area contributed by atoms with Crippen LogP contribution in [0.1, 0.15) is 182 Å². The minimum absolute atomic E-state index is 0.121. The summed E-state index contributed by atoms with van der Waals surface area (Å²) in [7, 11) is 0. The molecule has 0 spiro atoms. The van der Waals surface area contributed by atoms with Crippen molar-refractivity contribution in [2.45, 2.75) is 201 Å². The van der Waals surface area contributed by atoms with Crippen LogP contribution in [0.5, 0.6) is 0 Å². The lowest BCUT2D eigenvalue weighted by Crippen LogP contribution is -2.01. The van der Waals surface area contributed by atoms with Gasteiger partial charge in [0, 0.05) is 0 Å². The molecule has 0 saturated carbocycles. The minimum atomic E-state index is -1.73. The normalized spacial score (nSPS) is 12.2. The Balaban J connectivity index is 1.35. The topological polar surface area (TPSA) is 109 Å². The Morgan fingerprint density at radius 3 is 0.727 bits per heavy atom. The van der Waals surface area contributed by atoms with Gasteiger partial charge in [0.1, 0.15) is 22.6 Å². The van der Waals surface area contributed by atoms with Gasteiger partial charge in [-0.15, -0.1) is 47.0 Å². The van der Waals surface area contributed by atoms with Crippen LogP contribution in [0.25, 0.3) is 89.7 Å². The van der Waals surface area contributed by atoms with Gasteiger partial charge in [-0.3, -0.25) is 0 Å². The number of thioether (sulfide) groups is 4. The standard InChI is InChI=1S/C64H70F12N8S4/c1-5-9-13-17-21-25-29-85-53-45(69)37-33(41(65)49(53)73)57-77-58-34-39(47(71)55(50(74)42(34)66)87-31-27-23-19-15-11-7-3)63(79-58)84-64-40-36(44(68)52(76)56(48(40)72)88-32-28-24-20-16-12-8-4)60(83-64)82-62-38-35(59(81-62)80-61(37)78-57)43(67)51(75)54(46(38)70)86-30-26-22-18-14-10-6-2/h5-32H2,1-4H3,(H2,77,78,79,80,81,82,83,84). The summed E-state index contributed by atoms with van der Waals surface area (Å²) in [5, 5.41) is -3.65. The maximum absolute atomic E-state index is 17.5. The van der Waals surface area contributed by atoms with Crippen molar-refractivity contribution in [2.24, 2.45) is 0 Å². The van der Waals surface area contributed by atoms with Gasteiger partial charge in [-0.1, -0.05) is 156 Å². The van der Waals surface area contributed by atoms with Crippen molar-refractivity contribution < 1.29 is 52.7 Å². The molecule has 0 aliphatic carbocycles. The molecule has 3 aromatic heterocycles. The number of unbranched alkanes of at least 4 members (excludes halogenated alkanes) is 20. The van der Waals surface area contributed by atoms with Gasteiger partial charge in [0.15, 0.2) is 93.1 Å². The van der Waals surface area contributed by atoms with Crippen molar-refractivity contribution in [2.75, 3.05) is 23.0 Å². The Morgan fingerprint density at radius 1 is 0.239 bits per heavy atom. The van der Waals surface area contributed by atoms with Crippen LogP contribution in [0.3, 0.4) is 0 Å². The molecule has 8 nitrogen and oxygen atoms in total. The Labute approximate surface area is 520 Å². The van der Waals surface area contributed by atoms with Crippen LogP contribution < -0.4 is 0 Å². The van der Waals surface area contributed by atoms with Gasteiger partial charge in [0.2, 0.25) is 0 Å². The summed E-state index contributed by atoms with van der Waals surface area (Å²) in [5.74, 6) is -22.4. The molecule has 474 valence electrons. The van der Waals surface area contributed by atoms with Crippen molar-refractivity contribution in [1.82, 2.24) is 39.9 Å². The SMILES string of the molecule is CCCCCCCCSc1c(F)c(F)c2c(c1F)-c1nc-2nc2[nH]c(nc3nc(nc4[nH]c(n1)c1c(F)c(F)c(SCCCCCCCC)c(F)c41)-c1c(F)c(SCCCCCCCC)c(F)c(F)c1-3)c1c(F)c(F)c(SCCCCCCCC)c(F)c21. The van der Waals surface area contributed by atoms with Gasteiger partial charge < -0.3 is 9.97 Å². The van der Waals surface area contributed by atoms with Crippen LogP contribution in [0.2, 0.25) is 0 Å². The van der Waals surface area contributed by atoms with Crippen molar-refractivity contribution in [3.8, 4) is 45.6 Å². The van der Waals surface area contributed by atoms with Crippen LogP contribution >= 0.6 is 47.0 Å². The summed E-state index contributed by atoms with van der Waals surface area (Å²) in [6.07, 6.45) is 19.7. The highest BCUT2D eigenvalue weighted by Crippen LogP contribution is 2.48. The number of H-pyrrole nitrogens is 2. The van der Waals surface area contributed by atoms with E-state index in [0.29, 0.717) is 98.4 Å². The predicted octanol–water partition coefficient (Wildman–Crippen LogP) is 22.3. The molecular formula is C64H70F12N8S4. The maximum Gasteiger partial charge on any atom is 0.176 e. The first kappa shape index (κ1) is 67.2. The van der Waals surface area contributed by atoms with E-state index in [1.165, 1.54) is 0 Å². The summed E-state index contributed by atoms with van der Waals surface area (Å²) >= 11 is 2.63. The van der Waals surface area contributed by atoms with E-state index >= 15 is 52.7 Å². The first-order chi connectivity index (χ1) is 42.6. The van der Waals surface area contributed by atoms with Crippen LogP contribution in [0.4, 0.5) is 52.7 Å². The predicted molar refractivity (Wildman–Crippen MR) is 332 cm³/mol. The lowest BCUT2D eigenvalue weighted by molar-refractivity contribution is 0.471. The summed E-state index contributed by atoms with van der Waals surface area (Å²) in [6.45, 7) is 8.20. The summed E-state index contributed by atoms with van der Waals surface area (Å²) < 4.78 is 204. The van der Waals surface area contributed by atoms with Gasteiger partial charge in [0.05, 0.1) is 63.4 Å². The van der Waals surface area contributed by atoms with E-state index in [2.05, 4.69) is 60.6 Å². The number of aromatic amines is 2. The number of aromatic nitrogens is 8. The molecule has 2 aliphatic rings. The molecule has 0 unspecified atom stereocenters. The Hall–Kier alpha value is -5.20. The van der Waals surface area contributed by atoms with Gasteiger partial charge >= 0.3 is 0 Å². The fraction of sp³-hybridized carbons (Fsp3) is 0.500. The summed E-state index contributed by atoms with van der Waals surface area (Å²) in [4.78, 5) is 27.9. The van der Waals surface area contributed by atoms with Crippen LogP contribution in [0, 0.1) is 69.8 Å². The fourth-order valence-corrected chi connectivity index (χ4v) is 15.0. The zero-order valence-electron chi connectivity index (χ0n) is 49.7. The lowest BCUT2D eigenvalue weighted by atomic mass is 10.1. The van der Waals surface area contributed by atoms with Crippen molar-refractivity contribution in [1.29, 1.82) is 0 Å². The van der Waals surface area contributed by atoms with E-state index < -0.39 is 179 Å². The highest BCUT2D eigenvalue weighted by molar-refractivity contribution is 8.00. The molecule has 0 fully saturated rings. The summed E-state index contributed by atoms with van der Waals surface area (Å²) in [5.41, 5.74) is -7.06. The Kier molecular flexibility index (Phi) is 23.8. The molecule has 5 heterocycles. The number of benzene rings is 4. The molecule has 9 rings (SSSR count). The minimum Gasteiger partial charge on any atom is -0.324 e. The third kappa shape index (κ3) is 14.1. The number of halogens is 12. The first-order valence-corrected chi connectivity index (χ1v) is 34.7. The zero-order valence-corrected chi connectivity index (χ0v) is 52.9. The second kappa shape index (κ2) is 31.2. The third-order valence-electron chi connectivity index (χ3n) is 15.7. The van der Waals surface area contributed by atoms with Crippen LogP contribution in [-0.4, -0.2) is 62.9 Å². The number of hydrogen-bond donors (Lipinski definition) is 2. The quantitative estimate of drug-likeness (QED) is 0.0183. The molecule has 0 amide bonds. The Morgan fingerprint density at radius 2 is 0.455 bits per heavy atom. The highest BCUT2D eigenvalue weighted by atomic mass is 32.2. The number of hydrogen-bond acceptors (Lipinski definition) is 10. The average Bonchev–Trinajstić information content (AvgIpc) is 1.67. The smallest absolute Gasteiger partial charge is 0.176 e. The highest BCUT2D eigenvalue weighted by Gasteiger charge is 2.37. The van der Waals surface area contributed by atoms with Crippen molar-refractivity contribution in [3.63, 3.8) is 0 Å². The molecule has 24 heteroatoms. The second-order valence-corrected chi connectivity index (χ2v) is 26.6. The van der Waals surface area contributed by atoms with Crippen molar-refractivity contribution >= 4 is 91.2 Å². The first-order valence-electron chi connectivity index (χ1n) is 30.8. The zero-order chi connectivity index (χ0) is 62.8. The molecule has 7 aromatic rings.